The first kappa shape index (κ1) is 11.4. The molecular formula is C9H18O3. The monoisotopic (exact) mass is 174 g/mol. The van der Waals surface area contributed by atoms with E-state index < -0.39 is 12.1 Å². The summed E-state index contributed by atoms with van der Waals surface area (Å²) in [6.07, 6.45) is 1.93. The lowest BCUT2D eigenvalue weighted by atomic mass is 9.97. The summed E-state index contributed by atoms with van der Waals surface area (Å²) < 4.78 is 0. The van der Waals surface area contributed by atoms with Gasteiger partial charge < -0.3 is 10.2 Å². The van der Waals surface area contributed by atoms with Crippen LogP contribution >= 0.6 is 0 Å². The molecule has 0 rings (SSSR count). The molecule has 0 heterocycles. The molecule has 0 saturated heterocycles. The molecule has 2 atom stereocenters. The van der Waals surface area contributed by atoms with E-state index in [1.165, 1.54) is 0 Å². The largest absolute Gasteiger partial charge is 0.481 e. The summed E-state index contributed by atoms with van der Waals surface area (Å²) in [6, 6.07) is 0. The van der Waals surface area contributed by atoms with Crippen LogP contribution in [0, 0.1) is 5.92 Å². The quantitative estimate of drug-likeness (QED) is 0.643. The third-order valence-electron chi connectivity index (χ3n) is 1.87. The van der Waals surface area contributed by atoms with E-state index in [2.05, 4.69) is 6.92 Å². The minimum Gasteiger partial charge on any atom is -0.481 e. The SMILES string of the molecule is CCCC(C)C[C@@H](O)CC(=O)O. The Kier molecular flexibility index (Phi) is 5.72. The van der Waals surface area contributed by atoms with Crippen LogP contribution < -0.4 is 0 Å². The molecule has 3 heteroatoms. The second-order valence-corrected chi connectivity index (χ2v) is 3.38. The molecule has 0 aromatic carbocycles. The van der Waals surface area contributed by atoms with Crippen LogP contribution in [0.3, 0.4) is 0 Å². The second-order valence-electron chi connectivity index (χ2n) is 3.38. The van der Waals surface area contributed by atoms with Crippen LogP contribution in [-0.4, -0.2) is 22.3 Å². The molecular weight excluding hydrogens is 156 g/mol. The normalized spacial score (nSPS) is 15.6. The Morgan fingerprint density at radius 1 is 1.50 bits per heavy atom. The van der Waals surface area contributed by atoms with Crippen molar-refractivity contribution in [1.82, 2.24) is 0 Å². The molecule has 72 valence electrons. The lowest BCUT2D eigenvalue weighted by molar-refractivity contribution is -0.139. The van der Waals surface area contributed by atoms with Crippen molar-refractivity contribution in [1.29, 1.82) is 0 Å². The van der Waals surface area contributed by atoms with Crippen molar-refractivity contribution in [3.8, 4) is 0 Å². The third-order valence-corrected chi connectivity index (χ3v) is 1.87. The van der Waals surface area contributed by atoms with E-state index in [0.29, 0.717) is 12.3 Å². The van der Waals surface area contributed by atoms with E-state index >= 15 is 0 Å². The molecule has 0 aromatic heterocycles. The summed E-state index contributed by atoms with van der Waals surface area (Å²) in [6.45, 7) is 4.12. The van der Waals surface area contributed by atoms with Crippen LogP contribution in [0.1, 0.15) is 39.5 Å². The molecule has 0 saturated carbocycles. The highest BCUT2D eigenvalue weighted by Crippen LogP contribution is 2.13. The van der Waals surface area contributed by atoms with Gasteiger partial charge in [0, 0.05) is 0 Å². The van der Waals surface area contributed by atoms with Crippen molar-refractivity contribution in [2.75, 3.05) is 0 Å². The summed E-state index contributed by atoms with van der Waals surface area (Å²) in [7, 11) is 0. The number of aliphatic carboxylic acids is 1. The highest BCUT2D eigenvalue weighted by molar-refractivity contribution is 5.67. The van der Waals surface area contributed by atoms with Gasteiger partial charge in [0.05, 0.1) is 12.5 Å². The van der Waals surface area contributed by atoms with E-state index in [4.69, 9.17) is 5.11 Å². The zero-order chi connectivity index (χ0) is 9.56. The molecule has 0 bridgehead atoms. The number of aliphatic hydroxyl groups excluding tert-OH is 1. The first-order valence-electron chi connectivity index (χ1n) is 4.46. The predicted octanol–water partition coefficient (Wildman–Crippen LogP) is 1.65. The van der Waals surface area contributed by atoms with Gasteiger partial charge in [-0.3, -0.25) is 4.79 Å². The van der Waals surface area contributed by atoms with Gasteiger partial charge in [-0.1, -0.05) is 26.7 Å². The summed E-state index contributed by atoms with van der Waals surface area (Å²) in [5.74, 6) is -0.504. The standard InChI is InChI=1S/C9H18O3/c1-3-4-7(2)5-8(10)6-9(11)12/h7-8,10H,3-6H2,1-2H3,(H,11,12)/t7?,8-/m1/s1. The Morgan fingerprint density at radius 3 is 2.50 bits per heavy atom. The van der Waals surface area contributed by atoms with E-state index in [0.717, 1.165) is 12.8 Å². The van der Waals surface area contributed by atoms with Crippen molar-refractivity contribution >= 4 is 5.97 Å². The fraction of sp³-hybridized carbons (Fsp3) is 0.889. The molecule has 3 nitrogen and oxygen atoms in total. The summed E-state index contributed by atoms with van der Waals surface area (Å²) in [5.41, 5.74) is 0. The molecule has 2 N–H and O–H groups in total. The van der Waals surface area contributed by atoms with Gasteiger partial charge in [0.2, 0.25) is 0 Å². The Bertz CT molecular complexity index is 134. The van der Waals surface area contributed by atoms with Gasteiger partial charge in [-0.05, 0) is 12.3 Å². The maximum atomic E-state index is 10.2. The van der Waals surface area contributed by atoms with Crippen LogP contribution in [-0.2, 0) is 4.79 Å². The number of aliphatic hydroxyl groups is 1. The number of carbonyl (C=O) groups is 1. The Hall–Kier alpha value is -0.570. The lowest BCUT2D eigenvalue weighted by Crippen LogP contribution is -2.16. The summed E-state index contributed by atoms with van der Waals surface area (Å²) in [5, 5.41) is 17.6. The van der Waals surface area contributed by atoms with Crippen LogP contribution in [0.5, 0.6) is 0 Å². The Labute approximate surface area is 73.4 Å². The molecule has 1 unspecified atom stereocenters. The van der Waals surface area contributed by atoms with Gasteiger partial charge in [0.1, 0.15) is 0 Å². The molecule has 0 radical (unpaired) electrons. The molecule has 0 aliphatic heterocycles. The van der Waals surface area contributed by atoms with Crippen molar-refractivity contribution in [2.45, 2.75) is 45.6 Å². The van der Waals surface area contributed by atoms with Gasteiger partial charge in [-0.25, -0.2) is 0 Å². The van der Waals surface area contributed by atoms with Crippen molar-refractivity contribution < 1.29 is 15.0 Å². The number of hydrogen-bond acceptors (Lipinski definition) is 2. The maximum Gasteiger partial charge on any atom is 0.305 e. The van der Waals surface area contributed by atoms with Crippen molar-refractivity contribution in [2.24, 2.45) is 5.92 Å². The fourth-order valence-corrected chi connectivity index (χ4v) is 1.36. The van der Waals surface area contributed by atoms with E-state index in [9.17, 15) is 9.90 Å². The number of rotatable bonds is 6. The lowest BCUT2D eigenvalue weighted by Gasteiger charge is -2.13. The fourth-order valence-electron chi connectivity index (χ4n) is 1.36. The number of carboxylic acid groups (broad SMARTS) is 1. The molecule has 0 aliphatic rings. The molecule has 0 spiro atoms. The Morgan fingerprint density at radius 2 is 2.08 bits per heavy atom. The van der Waals surface area contributed by atoms with Crippen LogP contribution in [0.4, 0.5) is 0 Å². The van der Waals surface area contributed by atoms with E-state index in [-0.39, 0.29) is 6.42 Å². The van der Waals surface area contributed by atoms with Crippen LogP contribution in [0.2, 0.25) is 0 Å². The smallest absolute Gasteiger partial charge is 0.305 e. The van der Waals surface area contributed by atoms with E-state index in [1.54, 1.807) is 0 Å². The van der Waals surface area contributed by atoms with Crippen molar-refractivity contribution in [3.05, 3.63) is 0 Å². The third kappa shape index (κ3) is 6.16. The zero-order valence-corrected chi connectivity index (χ0v) is 7.79. The minimum atomic E-state index is -0.925. The maximum absolute atomic E-state index is 10.2. The van der Waals surface area contributed by atoms with Crippen LogP contribution in [0.25, 0.3) is 0 Å². The topological polar surface area (TPSA) is 57.5 Å². The first-order chi connectivity index (χ1) is 5.56. The van der Waals surface area contributed by atoms with Crippen molar-refractivity contribution in [3.63, 3.8) is 0 Å². The van der Waals surface area contributed by atoms with Gasteiger partial charge >= 0.3 is 5.97 Å². The molecule has 0 aromatic rings. The van der Waals surface area contributed by atoms with E-state index in [1.807, 2.05) is 6.92 Å². The highest BCUT2D eigenvalue weighted by atomic mass is 16.4. The minimum absolute atomic E-state index is 0.131. The van der Waals surface area contributed by atoms with Gasteiger partial charge in [0.15, 0.2) is 0 Å². The number of carboxylic acids is 1. The Balaban J connectivity index is 3.53. The molecule has 12 heavy (non-hydrogen) atoms. The molecule has 0 amide bonds. The number of hydrogen-bond donors (Lipinski definition) is 2. The zero-order valence-electron chi connectivity index (χ0n) is 7.79. The molecule has 0 aliphatic carbocycles. The predicted molar refractivity (Wildman–Crippen MR) is 46.9 cm³/mol. The first-order valence-corrected chi connectivity index (χ1v) is 4.46. The van der Waals surface area contributed by atoms with Gasteiger partial charge in [-0.2, -0.15) is 0 Å². The summed E-state index contributed by atoms with van der Waals surface area (Å²) in [4.78, 5) is 10.2. The highest BCUT2D eigenvalue weighted by Gasteiger charge is 2.12. The van der Waals surface area contributed by atoms with Gasteiger partial charge in [0.25, 0.3) is 0 Å². The van der Waals surface area contributed by atoms with Gasteiger partial charge in [-0.15, -0.1) is 0 Å². The average molecular weight is 174 g/mol. The summed E-state index contributed by atoms with van der Waals surface area (Å²) >= 11 is 0. The second kappa shape index (κ2) is 6.00. The average Bonchev–Trinajstić information content (AvgIpc) is 1.84. The van der Waals surface area contributed by atoms with Crippen LogP contribution in [0.15, 0.2) is 0 Å². The molecule has 0 fully saturated rings.